The molecule has 1 heterocycles. The Morgan fingerprint density at radius 3 is 2.71 bits per heavy atom. The quantitative estimate of drug-likeness (QED) is 0.850. The highest BCUT2D eigenvalue weighted by atomic mass is 16.5. The fraction of sp³-hybridized carbons (Fsp3) is 0.833. The van der Waals surface area contributed by atoms with Gasteiger partial charge in [-0.3, -0.25) is 0 Å². The van der Waals surface area contributed by atoms with Gasteiger partial charge in [0.05, 0.1) is 5.92 Å². The van der Waals surface area contributed by atoms with E-state index in [0.29, 0.717) is 18.3 Å². The number of rotatable bonds is 5. The number of nitrogens with zero attached hydrogens (tertiary/aromatic N) is 2. The molecule has 1 aromatic rings. The molecule has 5 nitrogen and oxygen atoms in total. The maximum atomic E-state index is 5.68. The van der Waals surface area contributed by atoms with Crippen molar-refractivity contribution in [1.29, 1.82) is 0 Å². The lowest BCUT2D eigenvalue weighted by molar-refractivity contribution is -0.0178. The molecule has 1 aliphatic carbocycles. The van der Waals surface area contributed by atoms with Gasteiger partial charge in [-0.2, -0.15) is 4.98 Å². The molecule has 0 aromatic carbocycles. The van der Waals surface area contributed by atoms with Gasteiger partial charge >= 0.3 is 0 Å². The molecule has 0 saturated heterocycles. The summed E-state index contributed by atoms with van der Waals surface area (Å²) in [6, 6.07) is 0. The highest BCUT2D eigenvalue weighted by Gasteiger charge is 2.40. The van der Waals surface area contributed by atoms with E-state index in [1.54, 1.807) is 7.11 Å². The van der Waals surface area contributed by atoms with Crippen LogP contribution < -0.4 is 5.73 Å². The molecule has 0 radical (unpaired) electrons. The van der Waals surface area contributed by atoms with E-state index in [-0.39, 0.29) is 11.5 Å². The van der Waals surface area contributed by atoms with Crippen LogP contribution in [0.3, 0.4) is 0 Å². The van der Waals surface area contributed by atoms with Gasteiger partial charge in [0.1, 0.15) is 5.60 Å². The Morgan fingerprint density at radius 2 is 2.18 bits per heavy atom. The lowest BCUT2D eigenvalue weighted by Gasteiger charge is -2.22. The van der Waals surface area contributed by atoms with Gasteiger partial charge in [0, 0.05) is 13.7 Å². The summed E-state index contributed by atoms with van der Waals surface area (Å²) in [5.41, 5.74) is 5.36. The minimum atomic E-state index is -0.325. The molecular formula is C12H21N3O2. The monoisotopic (exact) mass is 239 g/mol. The molecule has 0 aliphatic heterocycles. The smallest absolute Gasteiger partial charge is 0.231 e. The molecule has 17 heavy (non-hydrogen) atoms. The highest BCUT2D eigenvalue weighted by Crippen LogP contribution is 2.40. The van der Waals surface area contributed by atoms with Crippen LogP contribution in [-0.4, -0.2) is 23.8 Å². The van der Waals surface area contributed by atoms with Crippen molar-refractivity contribution in [2.45, 2.75) is 50.5 Å². The minimum absolute atomic E-state index is 0.159. The second-order valence-corrected chi connectivity index (χ2v) is 4.70. The number of aromatic nitrogens is 2. The van der Waals surface area contributed by atoms with E-state index in [0.717, 1.165) is 32.1 Å². The Balaban J connectivity index is 2.22. The fourth-order valence-corrected chi connectivity index (χ4v) is 2.49. The Hall–Kier alpha value is -0.940. The van der Waals surface area contributed by atoms with Crippen LogP contribution in [0.4, 0.5) is 0 Å². The summed E-state index contributed by atoms with van der Waals surface area (Å²) in [6.07, 6.45) is 5.18. The second kappa shape index (κ2) is 5.14. The Kier molecular flexibility index (Phi) is 3.79. The summed E-state index contributed by atoms with van der Waals surface area (Å²) < 4.78 is 11.0. The Morgan fingerprint density at radius 1 is 1.47 bits per heavy atom. The lowest BCUT2D eigenvalue weighted by atomic mass is 10.0. The summed E-state index contributed by atoms with van der Waals surface area (Å²) in [6.45, 7) is 2.61. The van der Waals surface area contributed by atoms with Crippen molar-refractivity contribution in [2.24, 2.45) is 5.73 Å². The highest BCUT2D eigenvalue weighted by molar-refractivity contribution is 5.06. The first-order valence-electron chi connectivity index (χ1n) is 6.35. The van der Waals surface area contributed by atoms with Crippen molar-refractivity contribution < 1.29 is 9.26 Å². The molecule has 0 spiro atoms. The van der Waals surface area contributed by atoms with E-state index in [4.69, 9.17) is 15.0 Å². The van der Waals surface area contributed by atoms with Crippen LogP contribution in [0.25, 0.3) is 0 Å². The number of ether oxygens (including phenoxy) is 1. The van der Waals surface area contributed by atoms with Gasteiger partial charge in [0.15, 0.2) is 0 Å². The van der Waals surface area contributed by atoms with Gasteiger partial charge in [-0.15, -0.1) is 0 Å². The molecule has 1 aromatic heterocycles. The first-order valence-corrected chi connectivity index (χ1v) is 6.35. The van der Waals surface area contributed by atoms with Gasteiger partial charge < -0.3 is 15.0 Å². The molecule has 5 heteroatoms. The van der Waals surface area contributed by atoms with E-state index >= 15 is 0 Å². The third-order valence-corrected chi connectivity index (χ3v) is 3.78. The lowest BCUT2D eigenvalue weighted by Crippen LogP contribution is -2.26. The molecule has 2 rings (SSSR count). The number of methoxy groups -OCH3 is 1. The van der Waals surface area contributed by atoms with Crippen LogP contribution in [0.2, 0.25) is 0 Å². The first-order chi connectivity index (χ1) is 8.25. The largest absolute Gasteiger partial charge is 0.370 e. The predicted molar refractivity (Wildman–Crippen MR) is 63.5 cm³/mol. The van der Waals surface area contributed by atoms with Crippen molar-refractivity contribution in [3.63, 3.8) is 0 Å². The normalized spacial score (nSPS) is 20.6. The SMILES string of the molecule is CCC(CN)c1nc(C2(OC)CCCC2)no1. The molecular weight excluding hydrogens is 218 g/mol. The number of hydrogen-bond acceptors (Lipinski definition) is 5. The predicted octanol–water partition coefficient (Wildman–Crippen LogP) is 1.94. The average Bonchev–Trinajstić information content (AvgIpc) is 2.99. The van der Waals surface area contributed by atoms with Crippen LogP contribution in [-0.2, 0) is 10.3 Å². The van der Waals surface area contributed by atoms with Crippen molar-refractivity contribution >= 4 is 0 Å². The molecule has 1 fully saturated rings. The van der Waals surface area contributed by atoms with Gasteiger partial charge in [0.2, 0.25) is 11.7 Å². The second-order valence-electron chi connectivity index (χ2n) is 4.70. The van der Waals surface area contributed by atoms with Crippen LogP contribution in [0.1, 0.15) is 56.7 Å². The van der Waals surface area contributed by atoms with Crippen LogP contribution in [0.5, 0.6) is 0 Å². The zero-order valence-corrected chi connectivity index (χ0v) is 10.6. The summed E-state index contributed by atoms with van der Waals surface area (Å²) in [5.74, 6) is 1.50. The number of hydrogen-bond donors (Lipinski definition) is 1. The Bertz CT molecular complexity index is 354. The maximum absolute atomic E-state index is 5.68. The third kappa shape index (κ3) is 2.21. The van der Waals surface area contributed by atoms with Crippen molar-refractivity contribution in [3.8, 4) is 0 Å². The van der Waals surface area contributed by atoms with Crippen molar-refractivity contribution in [1.82, 2.24) is 10.1 Å². The van der Waals surface area contributed by atoms with E-state index in [9.17, 15) is 0 Å². The molecule has 1 saturated carbocycles. The first kappa shape index (κ1) is 12.5. The summed E-state index contributed by atoms with van der Waals surface area (Å²) in [4.78, 5) is 4.49. The summed E-state index contributed by atoms with van der Waals surface area (Å²) in [7, 11) is 1.72. The van der Waals surface area contributed by atoms with Crippen molar-refractivity contribution in [2.75, 3.05) is 13.7 Å². The van der Waals surface area contributed by atoms with E-state index < -0.39 is 0 Å². The van der Waals surface area contributed by atoms with Crippen LogP contribution in [0, 0.1) is 0 Å². The molecule has 96 valence electrons. The molecule has 2 N–H and O–H groups in total. The van der Waals surface area contributed by atoms with Crippen LogP contribution >= 0.6 is 0 Å². The maximum Gasteiger partial charge on any atom is 0.231 e. The van der Waals surface area contributed by atoms with Gasteiger partial charge in [-0.05, 0) is 32.1 Å². The van der Waals surface area contributed by atoms with E-state index in [2.05, 4.69) is 17.1 Å². The zero-order valence-electron chi connectivity index (χ0n) is 10.6. The third-order valence-electron chi connectivity index (χ3n) is 3.78. The van der Waals surface area contributed by atoms with Crippen LogP contribution in [0.15, 0.2) is 4.52 Å². The standard InChI is InChI=1S/C12H21N3O2/c1-3-9(8-13)10-14-11(15-17-10)12(16-2)6-4-5-7-12/h9H,3-8,13H2,1-2H3. The molecule has 0 amide bonds. The fourth-order valence-electron chi connectivity index (χ4n) is 2.49. The van der Waals surface area contributed by atoms with E-state index in [1.165, 1.54) is 0 Å². The number of nitrogens with two attached hydrogens (primary N) is 1. The molecule has 1 atom stereocenters. The van der Waals surface area contributed by atoms with Gasteiger partial charge in [-0.25, -0.2) is 0 Å². The summed E-state index contributed by atoms with van der Waals surface area (Å²) in [5, 5.41) is 4.09. The minimum Gasteiger partial charge on any atom is -0.370 e. The topological polar surface area (TPSA) is 74.2 Å². The molecule has 1 aliphatic rings. The average molecular weight is 239 g/mol. The van der Waals surface area contributed by atoms with Crippen molar-refractivity contribution in [3.05, 3.63) is 11.7 Å². The molecule has 1 unspecified atom stereocenters. The zero-order chi connectivity index (χ0) is 12.3. The van der Waals surface area contributed by atoms with Gasteiger partial charge in [0.25, 0.3) is 0 Å². The van der Waals surface area contributed by atoms with Gasteiger partial charge in [-0.1, -0.05) is 12.1 Å². The Labute approximate surface area is 102 Å². The van der Waals surface area contributed by atoms with E-state index in [1.807, 2.05) is 0 Å². The molecule has 0 bridgehead atoms. The summed E-state index contributed by atoms with van der Waals surface area (Å²) >= 11 is 0.